The van der Waals surface area contributed by atoms with Crippen molar-refractivity contribution in [2.24, 2.45) is 4.99 Å². The molecule has 0 N–H and O–H groups in total. The minimum atomic E-state index is -3.67. The van der Waals surface area contributed by atoms with E-state index in [1.807, 2.05) is 13.8 Å². The van der Waals surface area contributed by atoms with E-state index in [4.69, 9.17) is 1.37 Å². The summed E-state index contributed by atoms with van der Waals surface area (Å²) in [6.45, 7) is 3.95. The predicted octanol–water partition coefficient (Wildman–Crippen LogP) is 2.14. The summed E-state index contributed by atoms with van der Waals surface area (Å²) in [5.74, 6) is 0.499. The molecule has 26 heavy (non-hydrogen) atoms. The SMILES string of the molecule is [2H]C1=NC(S(C)(=O)=O)N(Cc2cccc([N+](=O)[O-])c2)c2c(C(C)C)cnn21. The third kappa shape index (κ3) is 3.32. The second kappa shape index (κ2) is 6.52. The Balaban J connectivity index is 2.14. The Morgan fingerprint density at radius 1 is 1.42 bits per heavy atom. The number of nitro groups is 1. The fraction of sp³-hybridized carbons (Fsp3) is 0.375. The maximum absolute atomic E-state index is 12.4. The van der Waals surface area contributed by atoms with Crippen molar-refractivity contribution in [3.8, 4) is 0 Å². The first-order chi connectivity index (χ1) is 12.6. The zero-order chi connectivity index (χ0) is 19.9. The molecule has 0 saturated heterocycles. The standard InChI is InChI=1S/C16H19N5O4S/c1-11(2)14-8-18-20-10-17-16(26(3,24)25)19(15(14)20)9-12-5-4-6-13(7-12)21(22)23/h4-8,10-11,16H,9H2,1-3H3/i10D. The van der Waals surface area contributed by atoms with Gasteiger partial charge in [-0.1, -0.05) is 26.0 Å². The molecule has 1 aliphatic rings. The van der Waals surface area contributed by atoms with Crippen LogP contribution in [0.25, 0.3) is 0 Å². The van der Waals surface area contributed by atoms with E-state index < -0.39 is 20.3 Å². The van der Waals surface area contributed by atoms with Crippen LogP contribution < -0.4 is 4.90 Å². The lowest BCUT2D eigenvalue weighted by atomic mass is 10.1. The quantitative estimate of drug-likeness (QED) is 0.582. The average molecular weight is 378 g/mol. The van der Waals surface area contributed by atoms with E-state index in [0.717, 1.165) is 11.8 Å². The Hall–Kier alpha value is -2.75. The second-order valence-corrected chi connectivity index (χ2v) is 8.51. The van der Waals surface area contributed by atoms with Gasteiger partial charge in [0.1, 0.15) is 13.5 Å². The minimum Gasteiger partial charge on any atom is -0.317 e. The van der Waals surface area contributed by atoms with E-state index in [9.17, 15) is 18.5 Å². The van der Waals surface area contributed by atoms with E-state index in [0.29, 0.717) is 11.4 Å². The van der Waals surface area contributed by atoms with Gasteiger partial charge in [-0.25, -0.2) is 18.1 Å². The summed E-state index contributed by atoms with van der Waals surface area (Å²) in [7, 11) is -3.67. The Labute approximate surface area is 152 Å². The van der Waals surface area contributed by atoms with Crippen LogP contribution in [0.1, 0.15) is 32.3 Å². The van der Waals surface area contributed by atoms with E-state index in [-0.39, 0.29) is 24.5 Å². The number of aliphatic imine (C=N–C) groups is 1. The van der Waals surface area contributed by atoms with Crippen molar-refractivity contribution in [2.75, 3.05) is 11.2 Å². The van der Waals surface area contributed by atoms with Crippen molar-refractivity contribution in [1.29, 1.82) is 0 Å². The van der Waals surface area contributed by atoms with E-state index in [2.05, 4.69) is 10.1 Å². The molecule has 0 radical (unpaired) electrons. The first-order valence-electron chi connectivity index (χ1n) is 8.41. The molecule has 3 rings (SSSR count). The molecule has 0 fully saturated rings. The summed E-state index contributed by atoms with van der Waals surface area (Å²) >= 11 is 0. The summed E-state index contributed by atoms with van der Waals surface area (Å²) in [6.07, 6.45) is 2.38. The molecule has 2 aromatic rings. The molecule has 1 unspecified atom stereocenters. The molecular weight excluding hydrogens is 358 g/mol. The van der Waals surface area contributed by atoms with Crippen molar-refractivity contribution in [1.82, 2.24) is 9.78 Å². The van der Waals surface area contributed by atoms with Gasteiger partial charge in [0.05, 0.1) is 11.1 Å². The summed E-state index contributed by atoms with van der Waals surface area (Å²) in [5.41, 5.74) is -0.0497. The van der Waals surface area contributed by atoms with E-state index in [1.54, 1.807) is 18.3 Å². The highest BCUT2D eigenvalue weighted by atomic mass is 32.2. The lowest BCUT2D eigenvalue weighted by molar-refractivity contribution is -0.384. The van der Waals surface area contributed by atoms with Crippen molar-refractivity contribution in [3.63, 3.8) is 0 Å². The topological polar surface area (TPSA) is 111 Å². The molecule has 9 nitrogen and oxygen atoms in total. The molecule has 1 aromatic carbocycles. The monoisotopic (exact) mass is 378 g/mol. The number of nitrogens with zero attached hydrogens (tertiary/aromatic N) is 5. The molecular formula is C16H19N5O4S. The number of non-ortho nitro benzene ring substituents is 1. The number of anilines is 1. The summed E-state index contributed by atoms with van der Waals surface area (Å²) in [4.78, 5) is 16.1. The minimum absolute atomic E-state index is 0.0347. The largest absolute Gasteiger partial charge is 0.317 e. The molecule has 0 saturated carbocycles. The molecule has 10 heteroatoms. The highest BCUT2D eigenvalue weighted by Crippen LogP contribution is 2.33. The van der Waals surface area contributed by atoms with Gasteiger partial charge in [0.2, 0.25) is 5.50 Å². The molecule has 1 aromatic heterocycles. The van der Waals surface area contributed by atoms with Crippen LogP contribution in [0, 0.1) is 10.1 Å². The van der Waals surface area contributed by atoms with Crippen LogP contribution in [0.2, 0.25) is 0 Å². The van der Waals surface area contributed by atoms with Crippen LogP contribution >= 0.6 is 0 Å². The Morgan fingerprint density at radius 3 is 2.77 bits per heavy atom. The van der Waals surface area contributed by atoms with Crippen LogP contribution in [0.4, 0.5) is 11.5 Å². The number of sulfone groups is 1. The summed E-state index contributed by atoms with van der Waals surface area (Å²) in [5, 5.41) is 15.2. The molecule has 0 spiro atoms. The molecule has 1 atom stereocenters. The van der Waals surface area contributed by atoms with E-state index in [1.165, 1.54) is 21.7 Å². The van der Waals surface area contributed by atoms with Crippen LogP contribution in [0.5, 0.6) is 0 Å². The highest BCUT2D eigenvalue weighted by Gasteiger charge is 2.34. The van der Waals surface area contributed by atoms with Gasteiger partial charge in [0, 0.05) is 30.5 Å². The molecule has 0 amide bonds. The van der Waals surface area contributed by atoms with Crippen molar-refractivity contribution >= 4 is 27.7 Å². The lowest BCUT2D eigenvalue weighted by Crippen LogP contribution is -2.43. The maximum Gasteiger partial charge on any atom is 0.269 e. The smallest absolute Gasteiger partial charge is 0.269 e. The Kier molecular flexibility index (Phi) is 4.19. The van der Waals surface area contributed by atoms with Crippen LogP contribution in [-0.2, 0) is 16.4 Å². The third-order valence-corrected chi connectivity index (χ3v) is 5.18. The van der Waals surface area contributed by atoms with Gasteiger partial charge in [-0.05, 0) is 11.5 Å². The highest BCUT2D eigenvalue weighted by molar-refractivity contribution is 7.91. The van der Waals surface area contributed by atoms with Gasteiger partial charge in [-0.3, -0.25) is 10.1 Å². The van der Waals surface area contributed by atoms with Gasteiger partial charge >= 0.3 is 0 Å². The average Bonchev–Trinajstić information content (AvgIpc) is 3.02. The number of rotatable bonds is 5. The molecule has 138 valence electrons. The zero-order valence-electron chi connectivity index (χ0n) is 15.5. The lowest BCUT2D eigenvalue weighted by Gasteiger charge is -2.33. The van der Waals surface area contributed by atoms with Crippen molar-refractivity contribution in [2.45, 2.75) is 31.8 Å². The number of nitro benzene ring substituents is 1. The van der Waals surface area contributed by atoms with Crippen molar-refractivity contribution < 1.29 is 14.7 Å². The molecule has 1 aliphatic heterocycles. The first kappa shape index (κ1) is 16.7. The third-order valence-electron chi connectivity index (χ3n) is 4.05. The summed E-state index contributed by atoms with van der Waals surface area (Å²) < 4.78 is 34.0. The number of benzene rings is 1. The van der Waals surface area contributed by atoms with Gasteiger partial charge in [0.25, 0.3) is 5.69 Å². The molecule has 0 bridgehead atoms. The van der Waals surface area contributed by atoms with Gasteiger partial charge < -0.3 is 4.90 Å². The zero-order valence-corrected chi connectivity index (χ0v) is 15.3. The molecule has 0 aliphatic carbocycles. The Bertz CT molecular complexity index is 1030. The van der Waals surface area contributed by atoms with Crippen LogP contribution in [0.3, 0.4) is 0 Å². The Morgan fingerprint density at radius 2 is 2.15 bits per heavy atom. The molecule has 2 heterocycles. The van der Waals surface area contributed by atoms with Gasteiger partial charge in [-0.2, -0.15) is 5.10 Å². The fourth-order valence-corrected chi connectivity index (χ4v) is 3.72. The number of aromatic nitrogens is 2. The number of hydrogen-bond acceptors (Lipinski definition) is 7. The summed E-state index contributed by atoms with van der Waals surface area (Å²) in [6, 6.07) is 6.00. The van der Waals surface area contributed by atoms with Gasteiger partial charge in [-0.15, -0.1) is 0 Å². The maximum atomic E-state index is 12.4. The van der Waals surface area contributed by atoms with Gasteiger partial charge in [0.15, 0.2) is 9.84 Å². The second-order valence-electron chi connectivity index (χ2n) is 6.43. The fourth-order valence-electron chi connectivity index (χ4n) is 2.85. The van der Waals surface area contributed by atoms with Crippen LogP contribution in [-0.4, -0.2) is 41.2 Å². The first-order valence-corrected chi connectivity index (χ1v) is 9.86. The van der Waals surface area contributed by atoms with Crippen molar-refractivity contribution in [3.05, 3.63) is 51.7 Å². The normalized spacial score (nSPS) is 17.7. The van der Waals surface area contributed by atoms with E-state index >= 15 is 0 Å². The number of fused-ring (bicyclic) bond motifs is 1. The predicted molar refractivity (Wildman–Crippen MR) is 98.1 cm³/mol. The van der Waals surface area contributed by atoms with Crippen LogP contribution in [0.15, 0.2) is 35.5 Å². The number of hydrogen-bond donors (Lipinski definition) is 0.